The molecule has 1 N–H and O–H groups in total. The van der Waals surface area contributed by atoms with Gasteiger partial charge in [-0.15, -0.1) is 0 Å². The van der Waals surface area contributed by atoms with E-state index in [-0.39, 0.29) is 17.7 Å². The number of nitriles is 1. The predicted molar refractivity (Wildman–Crippen MR) is 134 cm³/mol. The topological polar surface area (TPSA) is 89.6 Å². The molecule has 0 unspecified atom stereocenters. The average molecular weight is 470 g/mol. The van der Waals surface area contributed by atoms with Crippen LogP contribution >= 0.6 is 0 Å². The number of carbonyl (C=O) groups excluding carboxylic acids is 1. The molecule has 1 aliphatic carbocycles. The zero-order valence-electron chi connectivity index (χ0n) is 19.9. The van der Waals surface area contributed by atoms with Crippen LogP contribution in [-0.4, -0.2) is 64.7 Å². The van der Waals surface area contributed by atoms with E-state index in [9.17, 15) is 4.79 Å². The number of fused-ring (bicyclic) bond motifs is 1. The maximum Gasteiger partial charge on any atom is 0.225 e. The fourth-order valence-corrected chi connectivity index (χ4v) is 5.71. The Kier molecular flexibility index (Phi) is 5.86. The third-order valence-corrected chi connectivity index (χ3v) is 7.94. The number of rotatable bonds is 4. The second kappa shape index (κ2) is 9.31. The summed E-state index contributed by atoms with van der Waals surface area (Å²) in [5.74, 6) is 0.878. The summed E-state index contributed by atoms with van der Waals surface area (Å²) in [7, 11) is 0. The fourth-order valence-electron chi connectivity index (χ4n) is 5.71. The van der Waals surface area contributed by atoms with Gasteiger partial charge in [-0.1, -0.05) is 6.07 Å². The Bertz CT molecular complexity index is 1240. The molecule has 8 nitrogen and oxygen atoms in total. The predicted octanol–water partition coefficient (Wildman–Crippen LogP) is 3.06. The van der Waals surface area contributed by atoms with Crippen molar-refractivity contribution in [2.75, 3.05) is 44.2 Å². The summed E-state index contributed by atoms with van der Waals surface area (Å²) >= 11 is 0. The van der Waals surface area contributed by atoms with Crippen LogP contribution in [0.25, 0.3) is 16.8 Å². The fraction of sp³-hybridized carbons (Fsp3) is 0.481. The first-order chi connectivity index (χ1) is 17.2. The number of aromatic nitrogens is 3. The van der Waals surface area contributed by atoms with Gasteiger partial charge < -0.3 is 15.1 Å². The standard InChI is InChI=1S/C27H31N7O/c28-15-19-12-22(13-19)27(35)33-10-8-32(9-11-33)25-5-7-31-34-18-23(14-26(25)34)24-4-3-21(17-30-24)20-2-1-6-29-16-20/h3-5,7,14,17-20,22,29H,1-2,6,8-13,16H2/t19-,20-,22-/m1/s1. The van der Waals surface area contributed by atoms with Crippen LogP contribution in [-0.2, 0) is 4.79 Å². The summed E-state index contributed by atoms with van der Waals surface area (Å²) in [6.45, 7) is 5.17. The smallest absolute Gasteiger partial charge is 0.225 e. The zero-order chi connectivity index (χ0) is 23.8. The number of nitrogens with one attached hydrogen (secondary N) is 1. The molecule has 8 heteroatoms. The van der Waals surface area contributed by atoms with Crippen molar-refractivity contribution in [2.24, 2.45) is 11.8 Å². The van der Waals surface area contributed by atoms with Gasteiger partial charge in [-0.05, 0) is 61.9 Å². The highest BCUT2D eigenvalue weighted by Crippen LogP contribution is 2.35. The van der Waals surface area contributed by atoms with E-state index in [0.717, 1.165) is 61.5 Å². The van der Waals surface area contributed by atoms with Crippen molar-refractivity contribution < 1.29 is 4.79 Å². The largest absolute Gasteiger partial charge is 0.366 e. The number of carbonyl (C=O) groups is 1. The van der Waals surface area contributed by atoms with Gasteiger partial charge in [0.05, 0.1) is 23.0 Å². The Labute approximate surface area is 205 Å². The van der Waals surface area contributed by atoms with Gasteiger partial charge in [0.2, 0.25) is 5.91 Å². The van der Waals surface area contributed by atoms with Gasteiger partial charge in [-0.2, -0.15) is 10.4 Å². The Morgan fingerprint density at radius 3 is 2.71 bits per heavy atom. The molecule has 0 radical (unpaired) electrons. The number of hydrogen-bond acceptors (Lipinski definition) is 6. The summed E-state index contributed by atoms with van der Waals surface area (Å²) in [6.07, 6.45) is 9.80. The van der Waals surface area contributed by atoms with Crippen LogP contribution in [0.15, 0.2) is 42.9 Å². The molecule has 5 heterocycles. The molecular weight excluding hydrogens is 438 g/mol. The van der Waals surface area contributed by atoms with E-state index in [1.165, 1.54) is 18.4 Å². The second-order valence-corrected chi connectivity index (χ2v) is 10.1. The van der Waals surface area contributed by atoms with E-state index in [2.05, 4.69) is 45.7 Å². The van der Waals surface area contributed by atoms with Crippen molar-refractivity contribution in [2.45, 2.75) is 31.6 Å². The normalized spacial score (nSPS) is 24.7. The van der Waals surface area contributed by atoms with E-state index in [4.69, 9.17) is 10.2 Å². The molecule has 3 aromatic rings. The highest BCUT2D eigenvalue weighted by atomic mass is 16.2. The summed E-state index contributed by atoms with van der Waals surface area (Å²) in [5, 5.41) is 17.0. The molecule has 2 saturated heterocycles. The number of amides is 1. The van der Waals surface area contributed by atoms with E-state index in [1.54, 1.807) is 0 Å². The van der Waals surface area contributed by atoms with Crippen LogP contribution in [0.5, 0.6) is 0 Å². The molecule has 6 rings (SSSR count). The summed E-state index contributed by atoms with van der Waals surface area (Å²) in [5.41, 5.74) is 5.52. The van der Waals surface area contributed by atoms with Crippen molar-refractivity contribution in [3.05, 3.63) is 48.4 Å². The van der Waals surface area contributed by atoms with Crippen LogP contribution in [0, 0.1) is 23.2 Å². The first-order valence-electron chi connectivity index (χ1n) is 12.8. The molecule has 35 heavy (non-hydrogen) atoms. The molecule has 3 aromatic heterocycles. The Morgan fingerprint density at radius 1 is 1.14 bits per heavy atom. The highest BCUT2D eigenvalue weighted by molar-refractivity contribution is 5.81. The first-order valence-corrected chi connectivity index (χ1v) is 12.8. The minimum absolute atomic E-state index is 0.0419. The van der Waals surface area contributed by atoms with E-state index >= 15 is 0 Å². The molecule has 180 valence electrons. The van der Waals surface area contributed by atoms with Crippen LogP contribution in [0.3, 0.4) is 0 Å². The molecule has 1 saturated carbocycles. The third-order valence-electron chi connectivity index (χ3n) is 7.94. The molecule has 3 fully saturated rings. The van der Waals surface area contributed by atoms with Crippen molar-refractivity contribution in [1.29, 1.82) is 5.26 Å². The lowest BCUT2D eigenvalue weighted by Gasteiger charge is -2.40. The van der Waals surface area contributed by atoms with Gasteiger partial charge in [-0.25, -0.2) is 4.52 Å². The molecular formula is C27H31N7O. The molecule has 1 amide bonds. The SMILES string of the molecule is N#C[C@H]1C[C@H](C(=O)N2CCN(c3ccnn4cc(-c5ccc([C@@H]6CCCNC6)cn5)cc34)CC2)C1. The number of anilines is 1. The quantitative estimate of drug-likeness (QED) is 0.632. The maximum atomic E-state index is 12.8. The first kappa shape index (κ1) is 22.1. The van der Waals surface area contributed by atoms with Gasteiger partial charge in [0.25, 0.3) is 0 Å². The van der Waals surface area contributed by atoms with Crippen molar-refractivity contribution in [3.8, 4) is 17.3 Å². The number of nitrogens with zero attached hydrogens (tertiary/aromatic N) is 6. The van der Waals surface area contributed by atoms with Crippen LogP contribution in [0.1, 0.15) is 37.2 Å². The molecule has 0 aromatic carbocycles. The van der Waals surface area contributed by atoms with Gasteiger partial charge in [0, 0.05) is 68.7 Å². The van der Waals surface area contributed by atoms with Crippen LogP contribution < -0.4 is 10.2 Å². The van der Waals surface area contributed by atoms with Crippen molar-refractivity contribution in [1.82, 2.24) is 24.8 Å². The molecule has 3 aliphatic rings. The van der Waals surface area contributed by atoms with E-state index < -0.39 is 0 Å². The summed E-state index contributed by atoms with van der Waals surface area (Å²) in [4.78, 5) is 21.9. The van der Waals surface area contributed by atoms with Gasteiger partial charge >= 0.3 is 0 Å². The van der Waals surface area contributed by atoms with Crippen LogP contribution in [0.2, 0.25) is 0 Å². The van der Waals surface area contributed by atoms with E-state index in [1.807, 2.05) is 28.0 Å². The van der Waals surface area contributed by atoms with Gasteiger partial charge in [0.15, 0.2) is 0 Å². The summed E-state index contributed by atoms with van der Waals surface area (Å²) in [6, 6.07) is 10.8. The second-order valence-electron chi connectivity index (χ2n) is 10.1. The zero-order valence-corrected chi connectivity index (χ0v) is 19.9. The van der Waals surface area contributed by atoms with Gasteiger partial charge in [0.1, 0.15) is 0 Å². The Morgan fingerprint density at radius 2 is 2.00 bits per heavy atom. The molecule has 2 aliphatic heterocycles. The van der Waals surface area contributed by atoms with Crippen molar-refractivity contribution >= 4 is 17.1 Å². The van der Waals surface area contributed by atoms with Gasteiger partial charge in [-0.3, -0.25) is 9.78 Å². The number of piperidine rings is 1. The Hall–Kier alpha value is -3.44. The maximum absolute atomic E-state index is 12.8. The molecule has 0 spiro atoms. The highest BCUT2D eigenvalue weighted by Gasteiger charge is 2.37. The Balaban J connectivity index is 1.16. The minimum Gasteiger partial charge on any atom is -0.366 e. The number of pyridine rings is 1. The lowest BCUT2D eigenvalue weighted by molar-refractivity contribution is -0.139. The number of hydrogen-bond donors (Lipinski definition) is 1. The molecule has 1 atom stereocenters. The third kappa shape index (κ3) is 4.25. The van der Waals surface area contributed by atoms with Crippen molar-refractivity contribution in [3.63, 3.8) is 0 Å². The minimum atomic E-state index is 0.0419. The summed E-state index contributed by atoms with van der Waals surface area (Å²) < 4.78 is 1.93. The lowest BCUT2D eigenvalue weighted by Crippen LogP contribution is -2.52. The number of piperazine rings is 1. The molecule has 0 bridgehead atoms. The monoisotopic (exact) mass is 469 g/mol. The van der Waals surface area contributed by atoms with E-state index in [0.29, 0.717) is 19.0 Å². The average Bonchev–Trinajstić information content (AvgIpc) is 3.33. The van der Waals surface area contributed by atoms with Crippen LogP contribution in [0.4, 0.5) is 5.69 Å². The lowest BCUT2D eigenvalue weighted by atomic mass is 9.75.